The van der Waals surface area contributed by atoms with E-state index in [1.807, 2.05) is 19.1 Å². The lowest BCUT2D eigenvalue weighted by molar-refractivity contribution is 0.565. The Morgan fingerprint density at radius 3 is 2.62 bits per heavy atom. The van der Waals surface area contributed by atoms with E-state index >= 15 is 0 Å². The molecule has 4 nitrogen and oxygen atoms in total. The summed E-state index contributed by atoms with van der Waals surface area (Å²) in [5.74, 6) is -0.402. The van der Waals surface area contributed by atoms with Crippen LogP contribution in [0.5, 0.6) is 0 Å². The Morgan fingerprint density at radius 2 is 1.88 bits per heavy atom. The van der Waals surface area contributed by atoms with Gasteiger partial charge in [-0.2, -0.15) is 0 Å². The quantitative estimate of drug-likeness (QED) is 0.785. The highest BCUT2D eigenvalue weighted by Crippen LogP contribution is 2.24. The summed E-state index contributed by atoms with van der Waals surface area (Å²) in [4.78, 5) is 4.38. The van der Waals surface area contributed by atoms with E-state index in [4.69, 9.17) is 0 Å². The van der Waals surface area contributed by atoms with Crippen LogP contribution in [0.4, 0.5) is 4.39 Å². The average molecular weight is 344 g/mol. The van der Waals surface area contributed by atoms with Gasteiger partial charge in [-0.3, -0.25) is 4.98 Å². The molecule has 1 aromatic heterocycles. The molecule has 124 valence electrons. The zero-order valence-corrected chi connectivity index (χ0v) is 14.1. The Bertz CT molecular complexity index is 1000. The fourth-order valence-corrected chi connectivity index (χ4v) is 4.01. The second-order valence-electron chi connectivity index (χ2n) is 5.74. The summed E-state index contributed by atoms with van der Waals surface area (Å²) in [6.45, 7) is 3.58. The van der Waals surface area contributed by atoms with Crippen LogP contribution < -0.4 is 4.72 Å². The molecule has 0 aliphatic heterocycles. The molecule has 0 radical (unpaired) electrons. The maximum absolute atomic E-state index is 13.3. The van der Waals surface area contributed by atoms with Gasteiger partial charge in [0.25, 0.3) is 0 Å². The van der Waals surface area contributed by atoms with E-state index in [1.165, 1.54) is 18.2 Å². The number of aromatic nitrogens is 1. The van der Waals surface area contributed by atoms with Crippen LogP contribution >= 0.6 is 0 Å². The van der Waals surface area contributed by atoms with Gasteiger partial charge in [0.15, 0.2) is 0 Å². The van der Waals surface area contributed by atoms with Crippen molar-refractivity contribution in [1.29, 1.82) is 0 Å². The van der Waals surface area contributed by atoms with Crippen molar-refractivity contribution in [1.82, 2.24) is 9.71 Å². The van der Waals surface area contributed by atoms with E-state index in [-0.39, 0.29) is 4.90 Å². The normalized spacial score (nSPS) is 13.1. The zero-order chi connectivity index (χ0) is 17.3. The average Bonchev–Trinajstić information content (AvgIpc) is 2.53. The Morgan fingerprint density at radius 1 is 1.12 bits per heavy atom. The third kappa shape index (κ3) is 3.29. The third-order valence-corrected chi connectivity index (χ3v) is 5.35. The lowest BCUT2D eigenvalue weighted by Crippen LogP contribution is -2.27. The summed E-state index contributed by atoms with van der Waals surface area (Å²) in [6.07, 6.45) is 1.64. The van der Waals surface area contributed by atoms with Gasteiger partial charge in [-0.05, 0) is 49.2 Å². The van der Waals surface area contributed by atoms with Crippen molar-refractivity contribution in [3.05, 3.63) is 71.7 Å². The summed E-state index contributed by atoms with van der Waals surface area (Å²) >= 11 is 0. The minimum atomic E-state index is -3.79. The highest BCUT2D eigenvalue weighted by atomic mass is 32.2. The lowest BCUT2D eigenvalue weighted by Gasteiger charge is -2.15. The number of aryl methyl sites for hydroxylation is 1. The molecule has 6 heteroatoms. The molecule has 3 aromatic rings. The number of para-hydroxylation sites is 1. The van der Waals surface area contributed by atoms with Gasteiger partial charge in [0, 0.05) is 17.6 Å². The van der Waals surface area contributed by atoms with E-state index in [0.717, 1.165) is 10.9 Å². The molecule has 0 amide bonds. The lowest BCUT2D eigenvalue weighted by atomic mass is 10.1. The summed E-state index contributed by atoms with van der Waals surface area (Å²) < 4.78 is 41.4. The van der Waals surface area contributed by atoms with Crippen molar-refractivity contribution in [3.8, 4) is 0 Å². The van der Waals surface area contributed by atoms with Crippen LogP contribution in [0.3, 0.4) is 0 Å². The van der Waals surface area contributed by atoms with E-state index in [1.54, 1.807) is 31.3 Å². The van der Waals surface area contributed by atoms with Crippen LogP contribution in [0.2, 0.25) is 0 Å². The fraction of sp³-hybridized carbons (Fsp3) is 0.167. The molecule has 0 fully saturated rings. The van der Waals surface area contributed by atoms with Gasteiger partial charge >= 0.3 is 0 Å². The molecule has 0 aliphatic carbocycles. The van der Waals surface area contributed by atoms with Crippen molar-refractivity contribution in [3.63, 3.8) is 0 Å². The van der Waals surface area contributed by atoms with E-state index in [9.17, 15) is 12.8 Å². The number of nitrogens with one attached hydrogen (secondary N) is 1. The van der Waals surface area contributed by atoms with Crippen molar-refractivity contribution < 1.29 is 12.8 Å². The first-order valence-corrected chi connectivity index (χ1v) is 8.98. The van der Waals surface area contributed by atoms with Crippen LogP contribution in [0.15, 0.2) is 59.6 Å². The Kier molecular flexibility index (Phi) is 4.34. The largest absolute Gasteiger partial charge is 0.255 e. The predicted molar refractivity (Wildman–Crippen MR) is 91.6 cm³/mol. The van der Waals surface area contributed by atoms with Gasteiger partial charge in [0.1, 0.15) is 10.7 Å². The molecule has 0 bridgehead atoms. The summed E-state index contributed by atoms with van der Waals surface area (Å²) in [7, 11) is -3.79. The molecular weight excluding hydrogens is 327 g/mol. The number of benzene rings is 2. The number of hydrogen-bond acceptors (Lipinski definition) is 3. The maximum Gasteiger partial charge on any atom is 0.243 e. The number of sulfonamides is 1. The van der Waals surface area contributed by atoms with Crippen LogP contribution in [0.25, 0.3) is 10.9 Å². The second kappa shape index (κ2) is 6.30. The summed E-state index contributed by atoms with van der Waals surface area (Å²) in [6, 6.07) is 12.2. The van der Waals surface area contributed by atoms with Crippen LogP contribution in [-0.4, -0.2) is 13.4 Å². The standard InChI is InChI=1S/C18H17FN2O2S/c1-12-9-15-6-4-8-17(18(15)20-11-12)24(22,23)21-13(2)14-5-3-7-16(19)10-14/h3-11,13,21H,1-2H3/t13-/m0/s1. The highest BCUT2D eigenvalue weighted by molar-refractivity contribution is 7.89. The topological polar surface area (TPSA) is 59.1 Å². The van der Waals surface area contributed by atoms with Crippen molar-refractivity contribution >= 4 is 20.9 Å². The predicted octanol–water partition coefficient (Wildman–Crippen LogP) is 3.72. The van der Waals surface area contributed by atoms with Crippen LogP contribution in [-0.2, 0) is 10.0 Å². The number of rotatable bonds is 4. The van der Waals surface area contributed by atoms with Crippen molar-refractivity contribution in [2.75, 3.05) is 0 Å². The molecule has 2 aromatic carbocycles. The molecule has 24 heavy (non-hydrogen) atoms. The molecule has 1 N–H and O–H groups in total. The number of hydrogen-bond donors (Lipinski definition) is 1. The number of fused-ring (bicyclic) bond motifs is 1. The Labute approximate surface area is 140 Å². The molecule has 3 rings (SSSR count). The van der Waals surface area contributed by atoms with Gasteiger partial charge in [-0.25, -0.2) is 17.5 Å². The monoisotopic (exact) mass is 344 g/mol. The van der Waals surface area contributed by atoms with E-state index in [2.05, 4.69) is 9.71 Å². The first-order valence-electron chi connectivity index (χ1n) is 7.50. The molecule has 0 unspecified atom stereocenters. The Balaban J connectivity index is 1.99. The minimum Gasteiger partial charge on any atom is -0.255 e. The highest BCUT2D eigenvalue weighted by Gasteiger charge is 2.21. The first kappa shape index (κ1) is 16.5. The number of halogens is 1. The molecule has 0 saturated carbocycles. The van der Waals surface area contributed by atoms with Crippen molar-refractivity contribution in [2.45, 2.75) is 24.8 Å². The maximum atomic E-state index is 13.3. The zero-order valence-electron chi connectivity index (χ0n) is 13.3. The van der Waals surface area contributed by atoms with Gasteiger partial charge < -0.3 is 0 Å². The van der Waals surface area contributed by atoms with E-state index in [0.29, 0.717) is 11.1 Å². The molecule has 0 spiro atoms. The van der Waals surface area contributed by atoms with Crippen LogP contribution in [0, 0.1) is 12.7 Å². The molecular formula is C18H17FN2O2S. The number of nitrogens with zero attached hydrogens (tertiary/aromatic N) is 1. The van der Waals surface area contributed by atoms with Crippen LogP contribution in [0.1, 0.15) is 24.1 Å². The van der Waals surface area contributed by atoms with Gasteiger partial charge in [0.05, 0.1) is 5.52 Å². The molecule has 1 atom stereocenters. The van der Waals surface area contributed by atoms with Gasteiger partial charge in [-0.15, -0.1) is 0 Å². The van der Waals surface area contributed by atoms with E-state index < -0.39 is 21.9 Å². The van der Waals surface area contributed by atoms with Gasteiger partial charge in [-0.1, -0.05) is 24.3 Å². The summed E-state index contributed by atoms with van der Waals surface area (Å²) in [5.41, 5.74) is 1.93. The second-order valence-corrected chi connectivity index (χ2v) is 7.42. The smallest absolute Gasteiger partial charge is 0.243 e. The Hall–Kier alpha value is -2.31. The first-order chi connectivity index (χ1) is 11.4. The fourth-order valence-electron chi connectivity index (χ4n) is 2.60. The minimum absolute atomic E-state index is 0.114. The molecule has 0 saturated heterocycles. The summed E-state index contributed by atoms with van der Waals surface area (Å²) in [5, 5.41) is 0.760. The number of pyridine rings is 1. The third-order valence-electron chi connectivity index (χ3n) is 3.78. The SMILES string of the molecule is Cc1cnc2c(S(=O)(=O)N[C@@H](C)c3cccc(F)c3)cccc2c1. The van der Waals surface area contributed by atoms with Crippen molar-refractivity contribution in [2.24, 2.45) is 0 Å². The molecule has 0 aliphatic rings. The molecule has 1 heterocycles. The van der Waals surface area contributed by atoms with Gasteiger partial charge in [0.2, 0.25) is 10.0 Å².